The van der Waals surface area contributed by atoms with E-state index in [1.54, 1.807) is 43.3 Å². The van der Waals surface area contributed by atoms with Crippen molar-refractivity contribution in [1.82, 2.24) is 0 Å². The number of hydrogen-bond donors (Lipinski definition) is 2. The topological polar surface area (TPSA) is 92.6 Å². The molecule has 1 atom stereocenters. The van der Waals surface area contributed by atoms with Crippen LogP contribution in [-0.4, -0.2) is 33.3 Å². The summed E-state index contributed by atoms with van der Waals surface area (Å²) in [7, 11) is 4.57. The van der Waals surface area contributed by atoms with Crippen molar-refractivity contribution in [2.24, 2.45) is 0 Å². The fourth-order valence-corrected chi connectivity index (χ4v) is 2.41. The van der Waals surface area contributed by atoms with Gasteiger partial charge < -0.3 is 24.8 Å². The van der Waals surface area contributed by atoms with Crippen LogP contribution in [-0.2, 0) is 4.79 Å². The maximum Gasteiger partial charge on any atom is 0.246 e. The Bertz CT molecular complexity index is 805. The molecule has 0 fully saturated rings. The zero-order chi connectivity index (χ0) is 19.1. The lowest BCUT2D eigenvalue weighted by atomic mass is 10.2. The van der Waals surface area contributed by atoms with Crippen molar-refractivity contribution in [1.29, 1.82) is 5.26 Å². The molecule has 7 heteroatoms. The van der Waals surface area contributed by atoms with Gasteiger partial charge in [-0.15, -0.1) is 0 Å². The Morgan fingerprint density at radius 3 is 2.23 bits per heavy atom. The molecule has 2 rings (SSSR count). The van der Waals surface area contributed by atoms with E-state index in [1.807, 2.05) is 0 Å². The molecule has 7 nitrogen and oxygen atoms in total. The molecule has 0 radical (unpaired) electrons. The third-order valence-corrected chi connectivity index (χ3v) is 3.75. The van der Waals surface area contributed by atoms with E-state index >= 15 is 0 Å². The number of nitrogens with zero attached hydrogens (tertiary/aromatic N) is 1. The molecule has 0 aliphatic carbocycles. The van der Waals surface area contributed by atoms with E-state index in [-0.39, 0.29) is 5.91 Å². The van der Waals surface area contributed by atoms with Crippen LogP contribution in [0.5, 0.6) is 17.2 Å². The molecule has 0 saturated heterocycles. The van der Waals surface area contributed by atoms with Gasteiger partial charge in [0.15, 0.2) is 11.5 Å². The molecule has 0 aromatic heterocycles. The van der Waals surface area contributed by atoms with Crippen LogP contribution in [0.1, 0.15) is 12.5 Å². The van der Waals surface area contributed by atoms with E-state index in [0.717, 1.165) is 0 Å². The zero-order valence-electron chi connectivity index (χ0n) is 15.1. The molecule has 0 bridgehead atoms. The summed E-state index contributed by atoms with van der Waals surface area (Å²) < 4.78 is 15.9. The molecule has 0 saturated carbocycles. The largest absolute Gasteiger partial charge is 0.493 e. The van der Waals surface area contributed by atoms with Gasteiger partial charge in [0.1, 0.15) is 12.1 Å². The predicted octanol–water partition coefficient (Wildman–Crippen LogP) is 3.02. The fraction of sp³-hybridized carbons (Fsp3) is 0.263. The Labute approximate surface area is 152 Å². The van der Waals surface area contributed by atoms with E-state index in [9.17, 15) is 4.79 Å². The van der Waals surface area contributed by atoms with Crippen molar-refractivity contribution in [3.8, 4) is 23.3 Å². The van der Waals surface area contributed by atoms with Crippen molar-refractivity contribution >= 4 is 17.3 Å². The smallest absolute Gasteiger partial charge is 0.246 e. The van der Waals surface area contributed by atoms with Gasteiger partial charge >= 0.3 is 0 Å². The van der Waals surface area contributed by atoms with Gasteiger partial charge in [-0.2, -0.15) is 5.26 Å². The third kappa shape index (κ3) is 4.16. The van der Waals surface area contributed by atoms with Gasteiger partial charge in [0, 0.05) is 17.8 Å². The van der Waals surface area contributed by atoms with Gasteiger partial charge in [-0.25, -0.2) is 0 Å². The maximum atomic E-state index is 12.4. The number of nitriles is 1. The first kappa shape index (κ1) is 18.9. The molecule has 0 unspecified atom stereocenters. The minimum atomic E-state index is -0.565. The van der Waals surface area contributed by atoms with Gasteiger partial charge in [0.25, 0.3) is 0 Å². The first-order valence-electron chi connectivity index (χ1n) is 7.90. The number of ether oxygens (including phenoxy) is 3. The Morgan fingerprint density at radius 1 is 1.08 bits per heavy atom. The standard InChI is InChI=1S/C19H21N3O4/c1-12(19(23)22-15-8-6-5-7-13(15)11-20)21-14-9-16(24-2)18(26-4)17(10-14)25-3/h5-10,12,21H,1-4H3,(H,22,23)/t12-/m1/s1. The van der Waals surface area contributed by atoms with Gasteiger partial charge in [0.05, 0.1) is 32.6 Å². The van der Waals surface area contributed by atoms with Crippen molar-refractivity contribution in [3.05, 3.63) is 42.0 Å². The van der Waals surface area contributed by atoms with Crippen LogP contribution in [0.25, 0.3) is 0 Å². The Morgan fingerprint density at radius 2 is 1.69 bits per heavy atom. The van der Waals surface area contributed by atoms with E-state index < -0.39 is 6.04 Å². The lowest BCUT2D eigenvalue weighted by Gasteiger charge is -2.18. The maximum absolute atomic E-state index is 12.4. The highest BCUT2D eigenvalue weighted by Gasteiger charge is 2.18. The molecule has 0 aliphatic rings. The molecular weight excluding hydrogens is 334 g/mol. The number of nitrogens with one attached hydrogen (secondary N) is 2. The SMILES string of the molecule is COc1cc(N[C@H](C)C(=O)Nc2ccccc2C#N)cc(OC)c1OC. The number of methoxy groups -OCH3 is 3. The van der Waals surface area contributed by atoms with Crippen LogP contribution < -0.4 is 24.8 Å². The van der Waals surface area contributed by atoms with Gasteiger partial charge in [-0.1, -0.05) is 12.1 Å². The van der Waals surface area contributed by atoms with Crippen molar-refractivity contribution in [3.63, 3.8) is 0 Å². The molecule has 2 aromatic carbocycles. The fourth-order valence-electron chi connectivity index (χ4n) is 2.41. The highest BCUT2D eigenvalue weighted by atomic mass is 16.5. The summed E-state index contributed by atoms with van der Waals surface area (Å²) in [5.74, 6) is 1.16. The highest BCUT2D eigenvalue weighted by Crippen LogP contribution is 2.40. The zero-order valence-corrected chi connectivity index (χ0v) is 15.1. The molecule has 2 aromatic rings. The molecule has 136 valence electrons. The van der Waals surface area contributed by atoms with E-state index in [4.69, 9.17) is 19.5 Å². The summed E-state index contributed by atoms with van der Waals surface area (Å²) in [5, 5.41) is 15.0. The molecule has 2 N–H and O–H groups in total. The number of carbonyl (C=O) groups is 1. The van der Waals surface area contributed by atoms with Gasteiger partial charge in [0.2, 0.25) is 11.7 Å². The summed E-state index contributed by atoms with van der Waals surface area (Å²) in [6, 6.07) is 11.7. The number of hydrogen-bond acceptors (Lipinski definition) is 6. The number of para-hydroxylation sites is 1. The Hall–Kier alpha value is -3.40. The third-order valence-electron chi connectivity index (χ3n) is 3.75. The van der Waals surface area contributed by atoms with Crippen LogP contribution in [0, 0.1) is 11.3 Å². The molecule has 0 heterocycles. The van der Waals surface area contributed by atoms with Crippen molar-refractivity contribution in [2.45, 2.75) is 13.0 Å². The van der Waals surface area contributed by atoms with E-state index in [2.05, 4.69) is 16.7 Å². The molecule has 0 aliphatic heterocycles. The normalized spacial score (nSPS) is 11.0. The van der Waals surface area contributed by atoms with Crippen molar-refractivity contribution < 1.29 is 19.0 Å². The van der Waals surface area contributed by atoms with Crippen LogP contribution in [0.4, 0.5) is 11.4 Å². The number of rotatable bonds is 7. The summed E-state index contributed by atoms with van der Waals surface area (Å²) in [6.07, 6.45) is 0. The average Bonchev–Trinajstić information content (AvgIpc) is 2.67. The second kappa shape index (κ2) is 8.62. The Kier molecular flexibility index (Phi) is 6.28. The molecule has 1 amide bonds. The predicted molar refractivity (Wildman–Crippen MR) is 99.0 cm³/mol. The minimum Gasteiger partial charge on any atom is -0.493 e. The van der Waals surface area contributed by atoms with Crippen molar-refractivity contribution in [2.75, 3.05) is 32.0 Å². The monoisotopic (exact) mass is 355 g/mol. The summed E-state index contributed by atoms with van der Waals surface area (Å²) >= 11 is 0. The summed E-state index contributed by atoms with van der Waals surface area (Å²) in [6.45, 7) is 1.72. The lowest BCUT2D eigenvalue weighted by molar-refractivity contribution is -0.116. The quantitative estimate of drug-likeness (QED) is 0.793. The number of benzene rings is 2. The number of amides is 1. The Balaban J connectivity index is 2.17. The molecular formula is C19H21N3O4. The average molecular weight is 355 g/mol. The lowest BCUT2D eigenvalue weighted by Crippen LogP contribution is -2.32. The second-order valence-electron chi connectivity index (χ2n) is 5.43. The van der Waals surface area contributed by atoms with Gasteiger partial charge in [-0.3, -0.25) is 4.79 Å². The summed E-state index contributed by atoms with van der Waals surface area (Å²) in [4.78, 5) is 12.4. The first-order valence-corrected chi connectivity index (χ1v) is 7.90. The van der Waals surface area contributed by atoms with Crippen LogP contribution in [0.15, 0.2) is 36.4 Å². The first-order chi connectivity index (χ1) is 12.5. The number of anilines is 2. The highest BCUT2D eigenvalue weighted by molar-refractivity contribution is 5.97. The number of carbonyl (C=O) groups excluding carboxylic acids is 1. The van der Waals surface area contributed by atoms with Crippen LogP contribution in [0.2, 0.25) is 0 Å². The van der Waals surface area contributed by atoms with E-state index in [1.165, 1.54) is 21.3 Å². The van der Waals surface area contributed by atoms with Crippen LogP contribution in [0.3, 0.4) is 0 Å². The molecule has 26 heavy (non-hydrogen) atoms. The molecule has 0 spiro atoms. The van der Waals surface area contributed by atoms with E-state index in [0.29, 0.717) is 34.2 Å². The summed E-state index contributed by atoms with van der Waals surface area (Å²) in [5.41, 5.74) is 1.51. The van der Waals surface area contributed by atoms with Gasteiger partial charge in [-0.05, 0) is 19.1 Å². The van der Waals surface area contributed by atoms with Crippen LogP contribution >= 0.6 is 0 Å². The second-order valence-corrected chi connectivity index (χ2v) is 5.43. The minimum absolute atomic E-state index is 0.276.